The summed E-state index contributed by atoms with van der Waals surface area (Å²) in [5.41, 5.74) is 0. The van der Waals surface area contributed by atoms with Crippen LogP contribution in [0.2, 0.25) is 0 Å². The molecule has 0 aliphatic rings. The first-order chi connectivity index (χ1) is 5.76. The van der Waals surface area contributed by atoms with Gasteiger partial charge in [0.25, 0.3) is 6.47 Å². The van der Waals surface area contributed by atoms with Gasteiger partial charge in [0.15, 0.2) is 0 Å². The average Bonchev–Trinajstić information content (AvgIpc) is 2.11. The molecule has 0 amide bonds. The van der Waals surface area contributed by atoms with Crippen LogP contribution in [0.3, 0.4) is 0 Å². The number of hydrogen-bond acceptors (Lipinski definition) is 2. The molecule has 2 atom stereocenters. The Kier molecular flexibility index (Phi) is 6.82. The van der Waals surface area contributed by atoms with Crippen LogP contribution in [0, 0.1) is 11.8 Å². The fourth-order valence-corrected chi connectivity index (χ4v) is 1.40. The predicted octanol–water partition coefficient (Wildman–Crippen LogP) is 2.62. The molecule has 0 bridgehead atoms. The Bertz CT molecular complexity index is 112. The Balaban J connectivity index is 3.75. The zero-order chi connectivity index (χ0) is 9.40. The van der Waals surface area contributed by atoms with E-state index in [1.54, 1.807) is 0 Å². The van der Waals surface area contributed by atoms with E-state index in [1.807, 2.05) is 0 Å². The zero-order valence-corrected chi connectivity index (χ0v) is 8.38. The molecule has 0 rings (SSSR count). The quantitative estimate of drug-likeness (QED) is 0.552. The molecule has 2 nitrogen and oxygen atoms in total. The topological polar surface area (TPSA) is 26.3 Å². The lowest BCUT2D eigenvalue weighted by Crippen LogP contribution is -2.17. The van der Waals surface area contributed by atoms with Crippen LogP contribution < -0.4 is 0 Å². The van der Waals surface area contributed by atoms with Gasteiger partial charge in [-0.2, -0.15) is 0 Å². The van der Waals surface area contributed by atoms with Crippen molar-refractivity contribution in [1.82, 2.24) is 0 Å². The molecule has 0 saturated heterocycles. The van der Waals surface area contributed by atoms with E-state index in [-0.39, 0.29) is 0 Å². The summed E-state index contributed by atoms with van der Waals surface area (Å²) in [6.07, 6.45) is 3.48. The Morgan fingerprint density at radius 1 is 1.42 bits per heavy atom. The van der Waals surface area contributed by atoms with Crippen molar-refractivity contribution in [1.29, 1.82) is 0 Å². The van der Waals surface area contributed by atoms with Crippen LogP contribution in [0.5, 0.6) is 0 Å². The van der Waals surface area contributed by atoms with E-state index in [0.29, 0.717) is 24.9 Å². The molecule has 0 aromatic carbocycles. The number of ether oxygens (including phenoxy) is 1. The first-order valence-corrected chi connectivity index (χ1v) is 4.81. The van der Waals surface area contributed by atoms with Gasteiger partial charge in [0, 0.05) is 0 Å². The molecule has 0 aromatic rings. The molecule has 0 fully saturated rings. The van der Waals surface area contributed by atoms with E-state index in [9.17, 15) is 4.79 Å². The first kappa shape index (κ1) is 11.5. The van der Waals surface area contributed by atoms with Crippen LogP contribution in [-0.4, -0.2) is 13.1 Å². The monoisotopic (exact) mass is 172 g/mol. The summed E-state index contributed by atoms with van der Waals surface area (Å²) in [4.78, 5) is 10.0. The van der Waals surface area contributed by atoms with Crippen molar-refractivity contribution in [2.45, 2.75) is 40.0 Å². The van der Waals surface area contributed by atoms with Crippen molar-refractivity contribution in [2.24, 2.45) is 11.8 Å². The van der Waals surface area contributed by atoms with Gasteiger partial charge in [0.2, 0.25) is 0 Å². The second-order valence-electron chi connectivity index (χ2n) is 3.36. The van der Waals surface area contributed by atoms with Gasteiger partial charge in [0.05, 0.1) is 6.61 Å². The third kappa shape index (κ3) is 4.37. The van der Waals surface area contributed by atoms with Gasteiger partial charge in [-0.1, -0.05) is 33.6 Å². The van der Waals surface area contributed by atoms with E-state index < -0.39 is 0 Å². The lowest BCUT2D eigenvalue weighted by Gasteiger charge is -2.20. The van der Waals surface area contributed by atoms with Crippen LogP contribution in [0.25, 0.3) is 0 Å². The van der Waals surface area contributed by atoms with Crippen LogP contribution in [0.4, 0.5) is 0 Å². The number of hydrogen-bond donors (Lipinski definition) is 0. The highest BCUT2D eigenvalue weighted by Crippen LogP contribution is 2.20. The second-order valence-corrected chi connectivity index (χ2v) is 3.36. The molecule has 0 aliphatic heterocycles. The predicted molar refractivity (Wildman–Crippen MR) is 49.9 cm³/mol. The molecule has 72 valence electrons. The van der Waals surface area contributed by atoms with Gasteiger partial charge in [-0.3, -0.25) is 4.79 Å². The van der Waals surface area contributed by atoms with Crippen LogP contribution >= 0.6 is 0 Å². The molecule has 0 aromatic heterocycles. The van der Waals surface area contributed by atoms with Crippen LogP contribution in [0.1, 0.15) is 40.0 Å². The summed E-state index contributed by atoms with van der Waals surface area (Å²) in [6.45, 7) is 7.69. The molecule has 0 N–H and O–H groups in total. The molecule has 0 aliphatic carbocycles. The van der Waals surface area contributed by atoms with E-state index in [4.69, 9.17) is 4.74 Å². The SMILES string of the molecule is CCCC(COC=O)C(C)CC. The summed E-state index contributed by atoms with van der Waals surface area (Å²) < 4.78 is 4.79. The highest BCUT2D eigenvalue weighted by Gasteiger charge is 2.14. The smallest absolute Gasteiger partial charge is 0.293 e. The highest BCUT2D eigenvalue weighted by atomic mass is 16.5. The van der Waals surface area contributed by atoms with Crippen LogP contribution in [-0.2, 0) is 9.53 Å². The van der Waals surface area contributed by atoms with Gasteiger partial charge < -0.3 is 4.74 Å². The van der Waals surface area contributed by atoms with E-state index in [1.165, 1.54) is 0 Å². The Hall–Kier alpha value is -0.530. The minimum atomic E-state index is 0.546. The summed E-state index contributed by atoms with van der Waals surface area (Å²) in [6, 6.07) is 0. The maximum Gasteiger partial charge on any atom is 0.293 e. The van der Waals surface area contributed by atoms with Crippen molar-refractivity contribution in [3.8, 4) is 0 Å². The van der Waals surface area contributed by atoms with E-state index >= 15 is 0 Å². The van der Waals surface area contributed by atoms with Crippen molar-refractivity contribution >= 4 is 6.47 Å². The van der Waals surface area contributed by atoms with Gasteiger partial charge >= 0.3 is 0 Å². The molecule has 12 heavy (non-hydrogen) atoms. The maximum absolute atomic E-state index is 10.0. The minimum Gasteiger partial charge on any atom is -0.468 e. The molecule has 0 radical (unpaired) electrons. The van der Waals surface area contributed by atoms with E-state index in [2.05, 4.69) is 20.8 Å². The van der Waals surface area contributed by atoms with Crippen molar-refractivity contribution in [3.63, 3.8) is 0 Å². The van der Waals surface area contributed by atoms with Crippen molar-refractivity contribution < 1.29 is 9.53 Å². The number of carbonyl (C=O) groups excluding carboxylic acids is 1. The Morgan fingerprint density at radius 2 is 2.08 bits per heavy atom. The Labute approximate surface area is 75.3 Å². The van der Waals surface area contributed by atoms with Gasteiger partial charge in [-0.15, -0.1) is 0 Å². The van der Waals surface area contributed by atoms with Gasteiger partial charge in [-0.05, 0) is 18.3 Å². The second kappa shape index (κ2) is 7.14. The third-order valence-corrected chi connectivity index (χ3v) is 2.49. The fourth-order valence-electron chi connectivity index (χ4n) is 1.40. The number of rotatable bonds is 7. The summed E-state index contributed by atoms with van der Waals surface area (Å²) in [5, 5.41) is 0. The summed E-state index contributed by atoms with van der Waals surface area (Å²) in [5.74, 6) is 1.20. The largest absolute Gasteiger partial charge is 0.468 e. The third-order valence-electron chi connectivity index (χ3n) is 2.49. The highest BCUT2D eigenvalue weighted by molar-refractivity contribution is 5.36. The molecule has 2 heteroatoms. The average molecular weight is 172 g/mol. The molecular weight excluding hydrogens is 152 g/mol. The van der Waals surface area contributed by atoms with Gasteiger partial charge in [-0.25, -0.2) is 0 Å². The lowest BCUT2D eigenvalue weighted by molar-refractivity contribution is -0.130. The maximum atomic E-state index is 10.0. The van der Waals surface area contributed by atoms with Gasteiger partial charge in [0.1, 0.15) is 0 Å². The van der Waals surface area contributed by atoms with Crippen molar-refractivity contribution in [2.75, 3.05) is 6.61 Å². The summed E-state index contributed by atoms with van der Waals surface area (Å²) >= 11 is 0. The van der Waals surface area contributed by atoms with Crippen LogP contribution in [0.15, 0.2) is 0 Å². The minimum absolute atomic E-state index is 0.546. The number of carbonyl (C=O) groups is 1. The van der Waals surface area contributed by atoms with E-state index in [0.717, 1.165) is 19.3 Å². The molecule has 2 unspecified atom stereocenters. The molecular formula is C10H20O2. The van der Waals surface area contributed by atoms with Crippen molar-refractivity contribution in [3.05, 3.63) is 0 Å². The molecule has 0 heterocycles. The normalized spacial score (nSPS) is 15.2. The molecule has 0 saturated carbocycles. The Morgan fingerprint density at radius 3 is 2.50 bits per heavy atom. The lowest BCUT2D eigenvalue weighted by atomic mass is 9.89. The summed E-state index contributed by atoms with van der Waals surface area (Å²) in [7, 11) is 0. The zero-order valence-electron chi connectivity index (χ0n) is 8.38. The standard InChI is InChI=1S/C10H20O2/c1-4-6-10(7-12-8-11)9(3)5-2/h8-10H,4-7H2,1-3H3. The molecule has 0 spiro atoms. The fraction of sp³-hybridized carbons (Fsp3) is 0.900. The first-order valence-electron chi connectivity index (χ1n) is 4.81.